The van der Waals surface area contributed by atoms with Gasteiger partial charge >= 0.3 is 5.97 Å². The van der Waals surface area contributed by atoms with Gasteiger partial charge in [0.05, 0.1) is 16.1 Å². The lowest BCUT2D eigenvalue weighted by Crippen LogP contribution is -2.33. The number of hydrogen-bond donors (Lipinski definition) is 0. The first-order valence-corrected chi connectivity index (χ1v) is 16.9. The minimum atomic E-state index is -3.32. The number of esters is 1. The van der Waals surface area contributed by atoms with Gasteiger partial charge in [-0.2, -0.15) is 0 Å². The van der Waals surface area contributed by atoms with Crippen molar-refractivity contribution in [3.8, 4) is 34.1 Å². The first kappa shape index (κ1) is 31.5. The lowest BCUT2D eigenvalue weighted by molar-refractivity contribution is -0.142. The van der Waals surface area contributed by atoms with E-state index in [9.17, 15) is 13.2 Å². The summed E-state index contributed by atoms with van der Waals surface area (Å²) >= 11 is 0. The molecule has 8 heteroatoms. The fraction of sp³-hybridized carbons (Fsp3) is 0.361. The molecule has 0 amide bonds. The number of benzene rings is 4. The summed E-state index contributed by atoms with van der Waals surface area (Å²) in [6.07, 6.45) is 3.83. The second kappa shape index (κ2) is 13.4. The van der Waals surface area contributed by atoms with Gasteiger partial charge in [0.25, 0.3) is 0 Å². The van der Waals surface area contributed by atoms with Gasteiger partial charge in [0.15, 0.2) is 9.84 Å². The van der Waals surface area contributed by atoms with Gasteiger partial charge in [-0.3, -0.25) is 9.69 Å². The van der Waals surface area contributed by atoms with Crippen molar-refractivity contribution in [3.63, 3.8) is 0 Å². The van der Waals surface area contributed by atoms with Gasteiger partial charge in [-0.25, -0.2) is 8.42 Å². The van der Waals surface area contributed by atoms with E-state index in [0.717, 1.165) is 47.3 Å². The van der Waals surface area contributed by atoms with Gasteiger partial charge in [0, 0.05) is 17.5 Å². The third-order valence-electron chi connectivity index (χ3n) is 7.84. The SMILES string of the molecule is CCS(=O)(=O)c1ccc(-c2ccc3cc(OC(=O)C(C)(C)C)ccc3c2Oc2ccc(OCCN3CCCCC3)cc2)cc1. The first-order valence-electron chi connectivity index (χ1n) is 15.3. The Balaban J connectivity index is 1.43. The standard InChI is InChI=1S/C36H41NO6S/c1-5-44(39,40)31-17-9-26(10-18-31)32-19-11-27-25-30(43-35(38)36(2,3)4)16-20-33(27)34(32)42-29-14-12-28(13-15-29)41-24-23-37-21-7-6-8-22-37/h9-20,25H,5-8,21-24H2,1-4H3. The molecule has 1 fully saturated rings. The van der Waals surface area contributed by atoms with Crippen LogP contribution in [0.3, 0.4) is 0 Å². The zero-order valence-electron chi connectivity index (χ0n) is 26.0. The van der Waals surface area contributed by atoms with Gasteiger partial charge < -0.3 is 14.2 Å². The van der Waals surface area contributed by atoms with Crippen LogP contribution in [0.1, 0.15) is 47.0 Å². The number of sulfone groups is 1. The van der Waals surface area contributed by atoms with Gasteiger partial charge in [-0.15, -0.1) is 0 Å². The highest BCUT2D eigenvalue weighted by Gasteiger charge is 2.24. The molecule has 5 rings (SSSR count). The molecule has 0 saturated carbocycles. The number of carbonyl (C=O) groups is 1. The fourth-order valence-electron chi connectivity index (χ4n) is 5.15. The minimum Gasteiger partial charge on any atom is -0.492 e. The number of fused-ring (bicyclic) bond motifs is 1. The summed E-state index contributed by atoms with van der Waals surface area (Å²) < 4.78 is 43.0. The Morgan fingerprint density at radius 2 is 1.48 bits per heavy atom. The number of carbonyl (C=O) groups excluding carboxylic acids is 1. The number of rotatable bonds is 10. The molecule has 0 aliphatic carbocycles. The summed E-state index contributed by atoms with van der Waals surface area (Å²) in [5.41, 5.74) is 0.991. The van der Waals surface area contributed by atoms with E-state index in [1.165, 1.54) is 19.3 Å². The third kappa shape index (κ3) is 7.60. The molecule has 1 aliphatic heterocycles. The van der Waals surface area contributed by atoms with E-state index >= 15 is 0 Å². The Morgan fingerprint density at radius 1 is 0.818 bits per heavy atom. The van der Waals surface area contributed by atoms with Crippen molar-refractivity contribution in [2.24, 2.45) is 5.41 Å². The molecule has 0 bridgehead atoms. The predicted octanol–water partition coefficient (Wildman–Crippen LogP) is 7.91. The molecule has 0 atom stereocenters. The van der Waals surface area contributed by atoms with Gasteiger partial charge in [-0.1, -0.05) is 31.5 Å². The van der Waals surface area contributed by atoms with E-state index in [4.69, 9.17) is 14.2 Å². The third-order valence-corrected chi connectivity index (χ3v) is 9.59. The summed E-state index contributed by atoms with van der Waals surface area (Å²) in [5, 5.41) is 1.66. The molecular formula is C36H41NO6S. The van der Waals surface area contributed by atoms with Crippen LogP contribution < -0.4 is 14.2 Å². The molecule has 4 aromatic rings. The first-order chi connectivity index (χ1) is 21.0. The lowest BCUT2D eigenvalue weighted by Gasteiger charge is -2.26. The average molecular weight is 616 g/mol. The molecule has 0 unspecified atom stereocenters. The minimum absolute atomic E-state index is 0.0385. The molecule has 1 aliphatic rings. The summed E-state index contributed by atoms with van der Waals surface area (Å²) in [7, 11) is -3.32. The predicted molar refractivity (Wildman–Crippen MR) is 175 cm³/mol. The van der Waals surface area contributed by atoms with E-state index in [2.05, 4.69) is 4.90 Å². The van der Waals surface area contributed by atoms with Gasteiger partial charge in [0.2, 0.25) is 0 Å². The van der Waals surface area contributed by atoms with Gasteiger partial charge in [-0.05, 0) is 118 Å². The number of hydrogen-bond acceptors (Lipinski definition) is 7. The van der Waals surface area contributed by atoms with E-state index in [1.54, 1.807) is 37.3 Å². The molecule has 0 N–H and O–H groups in total. The molecular weight excluding hydrogens is 574 g/mol. The molecule has 1 heterocycles. The molecule has 232 valence electrons. The number of likely N-dealkylation sites (tertiary alicyclic amines) is 1. The van der Waals surface area contributed by atoms with Crippen LogP contribution in [0.5, 0.6) is 23.0 Å². The molecule has 4 aromatic carbocycles. The largest absolute Gasteiger partial charge is 0.492 e. The van der Waals surface area contributed by atoms with E-state index < -0.39 is 15.3 Å². The smallest absolute Gasteiger partial charge is 0.316 e. The van der Waals surface area contributed by atoms with Crippen molar-refractivity contribution in [3.05, 3.63) is 78.9 Å². The Kier molecular flexibility index (Phi) is 9.61. The number of ether oxygens (including phenoxy) is 3. The van der Waals surface area contributed by atoms with Gasteiger partial charge in [0.1, 0.15) is 29.6 Å². The summed E-state index contributed by atoms with van der Waals surface area (Å²) in [6, 6.07) is 23.8. The van der Waals surface area contributed by atoms with Crippen LogP contribution in [0.25, 0.3) is 21.9 Å². The van der Waals surface area contributed by atoms with Crippen molar-refractivity contribution in [1.82, 2.24) is 4.90 Å². The van der Waals surface area contributed by atoms with Crippen molar-refractivity contribution in [2.45, 2.75) is 51.9 Å². The van der Waals surface area contributed by atoms with Crippen LogP contribution in [0.15, 0.2) is 83.8 Å². The number of nitrogens with zero attached hydrogens (tertiary/aromatic N) is 1. The van der Waals surface area contributed by atoms with Crippen molar-refractivity contribution in [2.75, 3.05) is 32.0 Å². The normalized spacial score (nSPS) is 14.4. The Hall–Kier alpha value is -3.88. The second-order valence-electron chi connectivity index (χ2n) is 12.2. The molecule has 7 nitrogen and oxygen atoms in total. The Bertz CT molecular complexity index is 1700. The average Bonchev–Trinajstić information content (AvgIpc) is 3.02. The zero-order chi connectivity index (χ0) is 31.3. The maximum Gasteiger partial charge on any atom is 0.316 e. The molecule has 0 radical (unpaired) electrons. The monoisotopic (exact) mass is 615 g/mol. The zero-order valence-corrected chi connectivity index (χ0v) is 26.8. The fourth-order valence-corrected chi connectivity index (χ4v) is 6.03. The Morgan fingerprint density at radius 3 is 2.14 bits per heavy atom. The summed E-state index contributed by atoms with van der Waals surface area (Å²) in [5.74, 6) is 2.21. The van der Waals surface area contributed by atoms with Crippen LogP contribution in [-0.2, 0) is 14.6 Å². The quantitative estimate of drug-likeness (QED) is 0.132. The molecule has 1 saturated heterocycles. The van der Waals surface area contributed by atoms with E-state index in [0.29, 0.717) is 23.9 Å². The highest BCUT2D eigenvalue weighted by molar-refractivity contribution is 7.91. The highest BCUT2D eigenvalue weighted by Crippen LogP contribution is 2.41. The molecule has 0 spiro atoms. The van der Waals surface area contributed by atoms with Crippen LogP contribution in [0.2, 0.25) is 0 Å². The summed E-state index contributed by atoms with van der Waals surface area (Å²) in [6.45, 7) is 10.9. The maximum absolute atomic E-state index is 12.5. The molecule has 44 heavy (non-hydrogen) atoms. The van der Waals surface area contributed by atoms with E-state index in [1.807, 2.05) is 69.3 Å². The molecule has 0 aromatic heterocycles. The second-order valence-corrected chi connectivity index (χ2v) is 14.5. The highest BCUT2D eigenvalue weighted by atomic mass is 32.2. The summed E-state index contributed by atoms with van der Waals surface area (Å²) in [4.78, 5) is 15.2. The van der Waals surface area contributed by atoms with Crippen molar-refractivity contribution in [1.29, 1.82) is 0 Å². The lowest BCUT2D eigenvalue weighted by atomic mass is 9.97. The maximum atomic E-state index is 12.5. The van der Waals surface area contributed by atoms with E-state index in [-0.39, 0.29) is 16.6 Å². The topological polar surface area (TPSA) is 82.1 Å². The van der Waals surface area contributed by atoms with Crippen LogP contribution >= 0.6 is 0 Å². The van der Waals surface area contributed by atoms with Crippen LogP contribution in [0.4, 0.5) is 0 Å². The Labute approximate surface area is 260 Å². The number of piperidine rings is 1. The van der Waals surface area contributed by atoms with Crippen molar-refractivity contribution < 1.29 is 27.4 Å². The van der Waals surface area contributed by atoms with Crippen LogP contribution in [-0.4, -0.2) is 51.3 Å². The van der Waals surface area contributed by atoms with Crippen molar-refractivity contribution >= 4 is 26.6 Å². The van der Waals surface area contributed by atoms with Crippen LogP contribution in [0, 0.1) is 5.41 Å².